The van der Waals surface area contributed by atoms with Crippen LogP contribution < -0.4 is 4.90 Å². The molecule has 2 aromatic rings. The number of hydrogen-bond acceptors (Lipinski definition) is 5. The number of rotatable bonds is 7. The molecular weight excluding hydrogens is 426 g/mol. The SMILES string of the molecule is Cn1ccc(N(C(=O)C=C[C@H]2CC[C@H](O)C2)c2ccc(S(=O)(=O)C3CC3)c(C3CC3)c2)n1. The topological polar surface area (TPSA) is 92.5 Å². The largest absolute Gasteiger partial charge is 0.393 e. The van der Waals surface area contributed by atoms with Crippen LogP contribution in [0.25, 0.3) is 0 Å². The Morgan fingerprint density at radius 1 is 1.16 bits per heavy atom. The van der Waals surface area contributed by atoms with E-state index in [-0.39, 0.29) is 29.1 Å². The van der Waals surface area contributed by atoms with Gasteiger partial charge in [-0.05, 0) is 80.5 Å². The van der Waals surface area contributed by atoms with Crippen LogP contribution >= 0.6 is 0 Å². The van der Waals surface area contributed by atoms with Crippen molar-refractivity contribution in [1.29, 1.82) is 0 Å². The Bertz CT molecular complexity index is 1160. The fraction of sp³-hybridized carbons (Fsp3) is 0.500. The maximum atomic E-state index is 13.3. The highest BCUT2D eigenvalue weighted by Crippen LogP contribution is 2.47. The quantitative estimate of drug-likeness (QED) is 0.644. The van der Waals surface area contributed by atoms with E-state index in [1.807, 2.05) is 12.1 Å². The molecule has 1 heterocycles. The molecule has 1 aromatic heterocycles. The molecule has 3 fully saturated rings. The second-order valence-corrected chi connectivity index (χ2v) is 11.5. The van der Waals surface area contributed by atoms with Crippen molar-refractivity contribution >= 4 is 27.2 Å². The molecule has 3 aliphatic rings. The summed E-state index contributed by atoms with van der Waals surface area (Å²) in [4.78, 5) is 15.3. The van der Waals surface area contributed by atoms with Gasteiger partial charge in [0, 0.05) is 25.4 Å². The summed E-state index contributed by atoms with van der Waals surface area (Å²) in [5, 5.41) is 13.9. The standard InChI is InChI=1S/C24H29N3O4S/c1-26-13-12-23(25-26)27(24(29)11-3-16-2-7-19(28)14-16)18-6-10-22(21(15-18)17-4-5-17)32(30,31)20-8-9-20/h3,6,10-13,15-17,19-20,28H,2,4-5,7-9,14H2,1H3/t16-,19+/m1/s1. The van der Waals surface area contributed by atoms with Crippen molar-refractivity contribution in [2.75, 3.05) is 4.90 Å². The minimum Gasteiger partial charge on any atom is -0.393 e. The molecule has 8 heteroatoms. The third-order valence-electron chi connectivity index (χ3n) is 6.64. The van der Waals surface area contributed by atoms with Crippen LogP contribution in [0.2, 0.25) is 0 Å². The van der Waals surface area contributed by atoms with Crippen molar-refractivity contribution < 1.29 is 18.3 Å². The molecule has 3 saturated carbocycles. The second-order valence-electron chi connectivity index (χ2n) is 9.35. The molecule has 0 aliphatic heterocycles. The molecule has 1 aromatic carbocycles. The highest BCUT2D eigenvalue weighted by molar-refractivity contribution is 7.92. The van der Waals surface area contributed by atoms with E-state index in [4.69, 9.17) is 0 Å². The summed E-state index contributed by atoms with van der Waals surface area (Å²) < 4.78 is 27.6. The third kappa shape index (κ3) is 4.26. The normalized spacial score (nSPS) is 23.7. The number of aryl methyl sites for hydroxylation is 1. The number of nitrogens with zero attached hydrogens (tertiary/aromatic N) is 3. The zero-order chi connectivity index (χ0) is 22.5. The number of sulfone groups is 1. The van der Waals surface area contributed by atoms with Crippen LogP contribution in [0.4, 0.5) is 11.5 Å². The van der Waals surface area contributed by atoms with Crippen LogP contribution in [0.3, 0.4) is 0 Å². The average Bonchev–Trinajstić information content (AvgIpc) is 3.68. The lowest BCUT2D eigenvalue weighted by Crippen LogP contribution is -2.25. The van der Waals surface area contributed by atoms with Gasteiger partial charge in [-0.1, -0.05) is 6.08 Å². The van der Waals surface area contributed by atoms with Gasteiger partial charge in [0.15, 0.2) is 15.7 Å². The van der Waals surface area contributed by atoms with Gasteiger partial charge in [-0.2, -0.15) is 5.10 Å². The number of amides is 1. The van der Waals surface area contributed by atoms with Crippen molar-refractivity contribution in [3.8, 4) is 0 Å². The lowest BCUT2D eigenvalue weighted by atomic mass is 10.1. The van der Waals surface area contributed by atoms with Gasteiger partial charge >= 0.3 is 0 Å². The minimum absolute atomic E-state index is 0.188. The van der Waals surface area contributed by atoms with Gasteiger partial charge in [0.05, 0.1) is 21.9 Å². The van der Waals surface area contributed by atoms with E-state index in [0.717, 1.165) is 44.1 Å². The third-order valence-corrected chi connectivity index (χ3v) is 8.98. The first kappa shape index (κ1) is 21.4. The van der Waals surface area contributed by atoms with Gasteiger partial charge in [0.1, 0.15) is 0 Å². The van der Waals surface area contributed by atoms with Crippen LogP contribution in [0.15, 0.2) is 47.5 Å². The van der Waals surface area contributed by atoms with Gasteiger partial charge in [-0.25, -0.2) is 8.42 Å². The van der Waals surface area contributed by atoms with Gasteiger partial charge in [0.2, 0.25) is 0 Å². The Morgan fingerprint density at radius 2 is 1.94 bits per heavy atom. The summed E-state index contributed by atoms with van der Waals surface area (Å²) in [5.74, 6) is 0.681. The summed E-state index contributed by atoms with van der Waals surface area (Å²) in [6, 6.07) is 7.04. The van der Waals surface area contributed by atoms with Crippen LogP contribution in [-0.2, 0) is 21.7 Å². The molecule has 170 valence electrons. The van der Waals surface area contributed by atoms with Gasteiger partial charge in [-0.3, -0.25) is 14.4 Å². The predicted octanol–water partition coefficient (Wildman–Crippen LogP) is 3.62. The van der Waals surface area contributed by atoms with Crippen molar-refractivity contribution in [2.45, 2.75) is 67.1 Å². The van der Waals surface area contributed by atoms with Crippen LogP contribution in [0.5, 0.6) is 0 Å². The monoisotopic (exact) mass is 455 g/mol. The Morgan fingerprint density at radius 3 is 2.53 bits per heavy atom. The maximum absolute atomic E-state index is 13.3. The van der Waals surface area contributed by atoms with Gasteiger partial charge in [-0.15, -0.1) is 0 Å². The lowest BCUT2D eigenvalue weighted by molar-refractivity contribution is -0.113. The predicted molar refractivity (Wildman–Crippen MR) is 121 cm³/mol. The molecule has 0 radical (unpaired) electrons. The van der Waals surface area contributed by atoms with E-state index in [9.17, 15) is 18.3 Å². The molecule has 32 heavy (non-hydrogen) atoms. The minimum atomic E-state index is -3.31. The molecule has 5 rings (SSSR count). The van der Waals surface area contributed by atoms with E-state index in [1.54, 1.807) is 47.1 Å². The van der Waals surface area contributed by atoms with Gasteiger partial charge < -0.3 is 5.11 Å². The number of carbonyl (C=O) groups excluding carboxylic acids is 1. The zero-order valence-corrected chi connectivity index (χ0v) is 19.0. The van der Waals surface area contributed by atoms with Crippen molar-refractivity contribution in [2.24, 2.45) is 13.0 Å². The Balaban J connectivity index is 1.51. The Hall–Kier alpha value is -2.45. The van der Waals surface area contributed by atoms with Gasteiger partial charge in [0.25, 0.3) is 5.91 Å². The molecular formula is C24H29N3O4S. The van der Waals surface area contributed by atoms with E-state index >= 15 is 0 Å². The molecule has 0 saturated heterocycles. The zero-order valence-electron chi connectivity index (χ0n) is 18.2. The molecule has 3 aliphatic carbocycles. The second kappa shape index (κ2) is 8.15. The maximum Gasteiger partial charge on any atom is 0.256 e. The number of aliphatic hydroxyl groups is 1. The fourth-order valence-electron chi connectivity index (χ4n) is 4.56. The van der Waals surface area contributed by atoms with Crippen LogP contribution in [-0.4, -0.2) is 40.6 Å². The smallest absolute Gasteiger partial charge is 0.256 e. The van der Waals surface area contributed by atoms with Crippen molar-refractivity contribution in [1.82, 2.24) is 9.78 Å². The number of benzene rings is 1. The molecule has 0 unspecified atom stereocenters. The number of hydrogen-bond donors (Lipinski definition) is 1. The molecule has 0 spiro atoms. The number of allylic oxidation sites excluding steroid dienone is 1. The summed E-state index contributed by atoms with van der Waals surface area (Å²) in [5.41, 5.74) is 1.45. The van der Waals surface area contributed by atoms with E-state index in [2.05, 4.69) is 5.10 Å². The first-order chi connectivity index (χ1) is 15.3. The van der Waals surface area contributed by atoms with Crippen molar-refractivity contribution in [3.05, 3.63) is 48.2 Å². The molecule has 1 amide bonds. The van der Waals surface area contributed by atoms with Crippen LogP contribution in [0.1, 0.15) is 56.4 Å². The number of aromatic nitrogens is 2. The van der Waals surface area contributed by atoms with E-state index < -0.39 is 9.84 Å². The fourth-order valence-corrected chi connectivity index (χ4v) is 6.49. The average molecular weight is 456 g/mol. The van der Waals surface area contributed by atoms with E-state index in [0.29, 0.717) is 22.8 Å². The first-order valence-electron chi connectivity index (χ1n) is 11.4. The summed E-state index contributed by atoms with van der Waals surface area (Å²) in [6.07, 6.45) is 10.6. The molecule has 7 nitrogen and oxygen atoms in total. The summed E-state index contributed by atoms with van der Waals surface area (Å²) in [6.45, 7) is 0. The number of aliphatic hydroxyl groups excluding tert-OH is 1. The highest BCUT2D eigenvalue weighted by Gasteiger charge is 2.40. The lowest BCUT2D eigenvalue weighted by Gasteiger charge is -2.21. The summed E-state index contributed by atoms with van der Waals surface area (Å²) >= 11 is 0. The molecule has 0 bridgehead atoms. The van der Waals surface area contributed by atoms with Crippen LogP contribution in [0, 0.1) is 5.92 Å². The number of anilines is 2. The Kier molecular flexibility index (Phi) is 5.45. The van der Waals surface area contributed by atoms with Crippen molar-refractivity contribution in [3.63, 3.8) is 0 Å². The molecule has 2 atom stereocenters. The number of carbonyl (C=O) groups is 1. The first-order valence-corrected chi connectivity index (χ1v) is 13.0. The molecule has 1 N–H and O–H groups in total. The summed E-state index contributed by atoms with van der Waals surface area (Å²) in [7, 11) is -1.52. The Labute approximate surface area is 188 Å². The highest BCUT2D eigenvalue weighted by atomic mass is 32.2. The van der Waals surface area contributed by atoms with E-state index in [1.165, 1.54) is 0 Å².